The molecule has 2 aromatic heterocycles. The van der Waals surface area contributed by atoms with Gasteiger partial charge in [-0.3, -0.25) is 4.79 Å². The second-order valence-corrected chi connectivity index (χ2v) is 9.94. The molecule has 37 heavy (non-hydrogen) atoms. The van der Waals surface area contributed by atoms with Crippen molar-refractivity contribution < 1.29 is 9.53 Å². The first-order valence-corrected chi connectivity index (χ1v) is 12.6. The summed E-state index contributed by atoms with van der Waals surface area (Å²) >= 11 is 0. The van der Waals surface area contributed by atoms with E-state index in [1.54, 1.807) is 6.33 Å². The highest BCUT2D eigenvalue weighted by molar-refractivity contribution is 5.96. The Kier molecular flexibility index (Phi) is 6.45. The summed E-state index contributed by atoms with van der Waals surface area (Å²) < 4.78 is 8.04. The van der Waals surface area contributed by atoms with Crippen molar-refractivity contribution in [3.05, 3.63) is 59.5 Å². The fourth-order valence-corrected chi connectivity index (χ4v) is 4.85. The topological polar surface area (TPSA) is 111 Å². The zero-order valence-electron chi connectivity index (χ0n) is 21.9. The number of hydrogen-bond acceptors (Lipinski definition) is 7. The summed E-state index contributed by atoms with van der Waals surface area (Å²) in [6.07, 6.45) is 5.22. The first-order valence-electron chi connectivity index (χ1n) is 12.6. The number of amides is 1. The first-order chi connectivity index (χ1) is 17.7. The number of hydrogen-bond donors (Lipinski definition) is 2. The zero-order chi connectivity index (χ0) is 26.3. The standard InChI is InChI=1S/C28H33N7O2/c1-16(2)37-23-10-6-8-21-25(23)32-28(33-27(21)35-11-7-9-22(35)26(29)36)31-24-14-34(15-30-24)20-12-17(3)19(5)18(4)13-20/h6,8,10,12-16,22H,7,9,11H2,1-5H3,(H2,29,36)(H,31,32,33)/t22-/m0/s1. The number of primary amides is 1. The molecule has 9 nitrogen and oxygen atoms in total. The molecule has 1 amide bonds. The van der Waals surface area contributed by atoms with E-state index in [-0.39, 0.29) is 12.0 Å². The van der Waals surface area contributed by atoms with Crippen LogP contribution in [0.3, 0.4) is 0 Å². The van der Waals surface area contributed by atoms with Crippen LogP contribution in [0.25, 0.3) is 16.6 Å². The number of fused-ring (bicyclic) bond motifs is 1. The predicted molar refractivity (Wildman–Crippen MR) is 146 cm³/mol. The molecule has 0 unspecified atom stereocenters. The van der Waals surface area contributed by atoms with Crippen molar-refractivity contribution >= 4 is 34.4 Å². The summed E-state index contributed by atoms with van der Waals surface area (Å²) in [7, 11) is 0. The van der Waals surface area contributed by atoms with Crippen LogP contribution < -0.4 is 20.7 Å². The number of anilines is 3. The number of nitrogens with one attached hydrogen (secondary N) is 1. The molecule has 9 heteroatoms. The van der Waals surface area contributed by atoms with Crippen molar-refractivity contribution in [2.45, 2.75) is 59.6 Å². The van der Waals surface area contributed by atoms with Gasteiger partial charge in [-0.05, 0) is 88.4 Å². The maximum absolute atomic E-state index is 12.2. The lowest BCUT2D eigenvalue weighted by Crippen LogP contribution is -2.41. The normalized spacial score (nSPS) is 15.5. The molecule has 1 aliphatic heterocycles. The Hall–Kier alpha value is -4.14. The van der Waals surface area contributed by atoms with Crippen LogP contribution in [0.5, 0.6) is 5.75 Å². The number of ether oxygens (including phenoxy) is 1. The van der Waals surface area contributed by atoms with Crippen molar-refractivity contribution in [2.75, 3.05) is 16.8 Å². The van der Waals surface area contributed by atoms with Gasteiger partial charge in [0.2, 0.25) is 11.9 Å². The summed E-state index contributed by atoms with van der Waals surface area (Å²) in [5.41, 5.74) is 11.2. The number of rotatable bonds is 7. The number of carbonyl (C=O) groups excluding carboxylic acids is 1. The molecule has 2 aromatic carbocycles. The van der Waals surface area contributed by atoms with Crippen LogP contribution in [0, 0.1) is 20.8 Å². The van der Waals surface area contributed by atoms with Gasteiger partial charge in [0.05, 0.1) is 12.3 Å². The van der Waals surface area contributed by atoms with Gasteiger partial charge in [0.25, 0.3) is 0 Å². The summed E-state index contributed by atoms with van der Waals surface area (Å²) in [6, 6.07) is 9.65. The lowest BCUT2D eigenvalue weighted by molar-refractivity contribution is -0.119. The van der Waals surface area contributed by atoms with Gasteiger partial charge in [0, 0.05) is 17.6 Å². The molecule has 0 saturated carbocycles. The van der Waals surface area contributed by atoms with Crippen molar-refractivity contribution in [2.24, 2.45) is 5.73 Å². The number of carbonyl (C=O) groups is 1. The molecule has 192 valence electrons. The summed E-state index contributed by atoms with van der Waals surface area (Å²) in [4.78, 5) is 28.4. The molecule has 1 aliphatic rings. The van der Waals surface area contributed by atoms with E-state index in [9.17, 15) is 4.79 Å². The van der Waals surface area contributed by atoms with E-state index in [2.05, 4.69) is 43.2 Å². The summed E-state index contributed by atoms with van der Waals surface area (Å²) in [5, 5.41) is 4.08. The molecule has 5 rings (SSSR count). The third kappa shape index (κ3) is 4.81. The fraction of sp³-hybridized carbons (Fsp3) is 0.357. The van der Waals surface area contributed by atoms with E-state index in [4.69, 9.17) is 20.4 Å². The number of benzene rings is 2. The van der Waals surface area contributed by atoms with Gasteiger partial charge < -0.3 is 25.3 Å². The highest BCUT2D eigenvalue weighted by Crippen LogP contribution is 2.35. The first kappa shape index (κ1) is 24.5. The van der Waals surface area contributed by atoms with Gasteiger partial charge in [-0.2, -0.15) is 4.98 Å². The fourth-order valence-electron chi connectivity index (χ4n) is 4.85. The molecule has 0 spiro atoms. The van der Waals surface area contributed by atoms with E-state index in [0.29, 0.717) is 41.8 Å². The number of aryl methyl sites for hydroxylation is 2. The van der Waals surface area contributed by atoms with Gasteiger partial charge in [-0.15, -0.1) is 0 Å². The number of nitrogens with two attached hydrogens (primary N) is 1. The lowest BCUT2D eigenvalue weighted by atomic mass is 10.0. The molecular weight excluding hydrogens is 466 g/mol. The molecule has 3 N–H and O–H groups in total. The number of nitrogens with zero attached hydrogens (tertiary/aromatic N) is 5. The lowest BCUT2D eigenvalue weighted by Gasteiger charge is -2.25. The number of imidazole rings is 1. The Morgan fingerprint density at radius 1 is 1.16 bits per heavy atom. The summed E-state index contributed by atoms with van der Waals surface area (Å²) in [5.74, 6) is 1.95. The highest BCUT2D eigenvalue weighted by atomic mass is 16.5. The smallest absolute Gasteiger partial charge is 0.240 e. The second kappa shape index (κ2) is 9.72. The predicted octanol–water partition coefficient (Wildman–Crippen LogP) is 4.73. The minimum Gasteiger partial charge on any atom is -0.489 e. The van der Waals surface area contributed by atoms with Crippen molar-refractivity contribution in [1.82, 2.24) is 19.5 Å². The highest BCUT2D eigenvalue weighted by Gasteiger charge is 2.32. The molecule has 1 saturated heterocycles. The van der Waals surface area contributed by atoms with E-state index in [1.165, 1.54) is 16.7 Å². The van der Waals surface area contributed by atoms with Crippen LogP contribution in [0.4, 0.5) is 17.6 Å². The molecule has 1 atom stereocenters. The maximum atomic E-state index is 12.2. The number of aromatic nitrogens is 4. The van der Waals surface area contributed by atoms with E-state index < -0.39 is 6.04 Å². The number of para-hydroxylation sites is 1. The Bertz CT molecular complexity index is 1450. The summed E-state index contributed by atoms with van der Waals surface area (Å²) in [6.45, 7) is 11.0. The zero-order valence-corrected chi connectivity index (χ0v) is 21.9. The molecule has 0 radical (unpaired) electrons. The van der Waals surface area contributed by atoms with E-state index in [1.807, 2.05) is 47.7 Å². The third-order valence-electron chi connectivity index (χ3n) is 6.92. The molecule has 4 aromatic rings. The third-order valence-corrected chi connectivity index (χ3v) is 6.92. The molecule has 0 bridgehead atoms. The van der Waals surface area contributed by atoms with Crippen molar-refractivity contribution in [3.63, 3.8) is 0 Å². The van der Waals surface area contributed by atoms with Crippen LogP contribution in [0.15, 0.2) is 42.9 Å². The van der Waals surface area contributed by atoms with Crippen LogP contribution in [0.1, 0.15) is 43.4 Å². The van der Waals surface area contributed by atoms with Gasteiger partial charge in [-0.25, -0.2) is 9.97 Å². The monoisotopic (exact) mass is 499 g/mol. The van der Waals surface area contributed by atoms with Crippen LogP contribution in [-0.4, -0.2) is 44.1 Å². The van der Waals surface area contributed by atoms with Crippen molar-refractivity contribution in [3.8, 4) is 11.4 Å². The van der Waals surface area contributed by atoms with Gasteiger partial charge in [0.1, 0.15) is 29.5 Å². The van der Waals surface area contributed by atoms with Crippen LogP contribution >= 0.6 is 0 Å². The van der Waals surface area contributed by atoms with Gasteiger partial charge >= 0.3 is 0 Å². The minimum absolute atomic E-state index is 0.0253. The molecular formula is C28H33N7O2. The Morgan fingerprint density at radius 3 is 2.62 bits per heavy atom. The van der Waals surface area contributed by atoms with Crippen LogP contribution in [0.2, 0.25) is 0 Å². The Balaban J connectivity index is 1.56. The van der Waals surface area contributed by atoms with Gasteiger partial charge in [-0.1, -0.05) is 6.07 Å². The SMILES string of the molecule is Cc1cc(-n2cnc(Nc3nc(N4CCC[C@H]4C(N)=O)c4cccc(OC(C)C)c4n3)c2)cc(C)c1C. The average Bonchev–Trinajstić information content (AvgIpc) is 3.52. The average molecular weight is 500 g/mol. The van der Waals surface area contributed by atoms with Crippen molar-refractivity contribution in [1.29, 1.82) is 0 Å². The maximum Gasteiger partial charge on any atom is 0.240 e. The van der Waals surface area contributed by atoms with E-state index >= 15 is 0 Å². The molecule has 1 fully saturated rings. The molecule has 0 aliphatic carbocycles. The molecule has 3 heterocycles. The quantitative estimate of drug-likeness (QED) is 0.378. The second-order valence-electron chi connectivity index (χ2n) is 9.94. The largest absolute Gasteiger partial charge is 0.489 e. The van der Waals surface area contributed by atoms with Gasteiger partial charge in [0.15, 0.2) is 5.82 Å². The van der Waals surface area contributed by atoms with E-state index in [0.717, 1.165) is 17.5 Å². The minimum atomic E-state index is -0.409. The Morgan fingerprint density at radius 2 is 1.92 bits per heavy atom. The Labute approximate surface area is 216 Å². The van der Waals surface area contributed by atoms with Crippen LogP contribution in [-0.2, 0) is 4.79 Å².